The lowest BCUT2D eigenvalue weighted by atomic mass is 9.61. The number of aromatic amines is 1. The summed E-state index contributed by atoms with van der Waals surface area (Å²) in [7, 11) is 0. The van der Waals surface area contributed by atoms with Gasteiger partial charge in [0.05, 0.1) is 24.8 Å². The number of carbonyl (C=O) groups is 1. The SMILES string of the molecule is O=C(c1n[nH]c2ccc(OC3CCOCC3)cc12)N1CCN2CCC23CCC13. The summed E-state index contributed by atoms with van der Waals surface area (Å²) >= 11 is 0. The number of carbonyl (C=O) groups excluding carboxylic acids is 1. The van der Waals surface area contributed by atoms with Crippen LogP contribution in [0.3, 0.4) is 0 Å². The minimum Gasteiger partial charge on any atom is -0.490 e. The molecule has 3 aliphatic heterocycles. The maximum atomic E-state index is 13.4. The number of benzene rings is 1. The number of piperazine rings is 1. The van der Waals surface area contributed by atoms with Gasteiger partial charge in [-0.25, -0.2) is 0 Å². The minimum atomic E-state index is 0.0603. The first-order chi connectivity index (χ1) is 13.7. The Hall–Kier alpha value is -2.12. The lowest BCUT2D eigenvalue weighted by molar-refractivity contribution is -0.161. The van der Waals surface area contributed by atoms with Crippen molar-refractivity contribution in [3.05, 3.63) is 23.9 Å². The summed E-state index contributed by atoms with van der Waals surface area (Å²) in [5.41, 5.74) is 1.69. The predicted molar refractivity (Wildman–Crippen MR) is 104 cm³/mol. The quantitative estimate of drug-likeness (QED) is 0.881. The summed E-state index contributed by atoms with van der Waals surface area (Å²) < 4.78 is 11.6. The molecule has 7 heteroatoms. The molecule has 1 saturated carbocycles. The number of rotatable bonds is 3. The van der Waals surface area contributed by atoms with Crippen molar-refractivity contribution in [2.75, 3.05) is 32.8 Å². The van der Waals surface area contributed by atoms with Crippen molar-refractivity contribution in [3.63, 3.8) is 0 Å². The number of nitrogens with zero attached hydrogens (tertiary/aromatic N) is 3. The molecule has 0 radical (unpaired) electrons. The first-order valence-corrected chi connectivity index (χ1v) is 10.5. The van der Waals surface area contributed by atoms with Gasteiger partial charge >= 0.3 is 0 Å². The van der Waals surface area contributed by atoms with E-state index in [0.29, 0.717) is 11.7 Å². The standard InChI is InChI=1S/C21H26N4O3/c26-20(25-10-9-24-8-7-21(24)6-3-18(21)25)19-16-13-15(1-2-17(16)22-23-19)28-14-4-11-27-12-5-14/h1-2,13-14,18H,3-12H2,(H,22,23). The first kappa shape index (κ1) is 16.8. The van der Waals surface area contributed by atoms with Crippen LogP contribution in [0.4, 0.5) is 0 Å². The second-order valence-corrected chi connectivity index (χ2v) is 8.60. The Morgan fingerprint density at radius 2 is 2.07 bits per heavy atom. The molecule has 4 heterocycles. The Morgan fingerprint density at radius 1 is 1.18 bits per heavy atom. The molecule has 1 N–H and O–H groups in total. The number of amides is 1. The van der Waals surface area contributed by atoms with Crippen LogP contribution in [0, 0.1) is 0 Å². The zero-order chi connectivity index (χ0) is 18.7. The molecular formula is C21H26N4O3. The van der Waals surface area contributed by atoms with Crippen LogP contribution in [0.5, 0.6) is 5.75 Å². The minimum absolute atomic E-state index is 0.0603. The van der Waals surface area contributed by atoms with Crippen LogP contribution >= 0.6 is 0 Å². The van der Waals surface area contributed by atoms with E-state index in [0.717, 1.165) is 62.2 Å². The van der Waals surface area contributed by atoms with Crippen LogP contribution in [-0.2, 0) is 4.74 Å². The summed E-state index contributed by atoms with van der Waals surface area (Å²) in [5, 5.41) is 8.29. The summed E-state index contributed by atoms with van der Waals surface area (Å²) in [5.74, 6) is 0.865. The molecule has 2 unspecified atom stereocenters. The van der Waals surface area contributed by atoms with Crippen molar-refractivity contribution in [1.82, 2.24) is 20.0 Å². The highest BCUT2D eigenvalue weighted by molar-refractivity contribution is 6.05. The molecule has 28 heavy (non-hydrogen) atoms. The van der Waals surface area contributed by atoms with Gasteiger partial charge in [-0.2, -0.15) is 5.10 Å². The molecule has 3 saturated heterocycles. The van der Waals surface area contributed by atoms with E-state index < -0.39 is 0 Å². The number of nitrogens with one attached hydrogen (secondary N) is 1. The third-order valence-electron chi connectivity index (χ3n) is 7.37. The van der Waals surface area contributed by atoms with Crippen LogP contribution < -0.4 is 4.74 Å². The van der Waals surface area contributed by atoms with E-state index in [1.54, 1.807) is 0 Å². The number of ether oxygens (including phenoxy) is 2. The van der Waals surface area contributed by atoms with Gasteiger partial charge in [0.2, 0.25) is 0 Å². The van der Waals surface area contributed by atoms with Crippen molar-refractivity contribution >= 4 is 16.8 Å². The molecule has 6 rings (SSSR count). The third-order valence-corrected chi connectivity index (χ3v) is 7.37. The molecule has 4 aliphatic rings. The molecule has 4 fully saturated rings. The van der Waals surface area contributed by atoms with Gasteiger partial charge in [-0.3, -0.25) is 14.8 Å². The zero-order valence-corrected chi connectivity index (χ0v) is 16.0. The van der Waals surface area contributed by atoms with Crippen LogP contribution in [-0.4, -0.2) is 76.4 Å². The highest BCUT2D eigenvalue weighted by Crippen LogP contribution is 2.51. The van der Waals surface area contributed by atoms with Gasteiger partial charge in [-0.15, -0.1) is 0 Å². The van der Waals surface area contributed by atoms with E-state index in [-0.39, 0.29) is 17.6 Å². The third kappa shape index (κ3) is 2.35. The van der Waals surface area contributed by atoms with Gasteiger partial charge in [-0.05, 0) is 37.5 Å². The lowest BCUT2D eigenvalue weighted by Gasteiger charge is -2.68. The highest BCUT2D eigenvalue weighted by Gasteiger charge is 2.61. The van der Waals surface area contributed by atoms with E-state index in [9.17, 15) is 4.79 Å². The summed E-state index contributed by atoms with van der Waals surface area (Å²) in [6.07, 6.45) is 5.56. The fraction of sp³-hybridized carbons (Fsp3) is 0.619. The number of H-pyrrole nitrogens is 1. The molecule has 1 spiro atoms. The van der Waals surface area contributed by atoms with Gasteiger partial charge in [-0.1, -0.05) is 0 Å². The van der Waals surface area contributed by atoms with E-state index in [1.165, 1.54) is 19.4 Å². The fourth-order valence-corrected chi connectivity index (χ4v) is 5.58. The van der Waals surface area contributed by atoms with Crippen LogP contribution in [0.1, 0.15) is 42.6 Å². The molecule has 1 amide bonds. The summed E-state index contributed by atoms with van der Waals surface area (Å²) in [4.78, 5) is 18.1. The van der Waals surface area contributed by atoms with Gasteiger partial charge < -0.3 is 14.4 Å². The Labute approximate surface area is 164 Å². The Bertz CT molecular complexity index is 918. The molecular weight excluding hydrogens is 356 g/mol. The van der Waals surface area contributed by atoms with Gasteiger partial charge in [0.15, 0.2) is 5.69 Å². The van der Waals surface area contributed by atoms with Crippen LogP contribution in [0.15, 0.2) is 18.2 Å². The molecule has 2 aromatic rings. The number of aromatic nitrogens is 2. The Morgan fingerprint density at radius 3 is 2.82 bits per heavy atom. The highest BCUT2D eigenvalue weighted by atomic mass is 16.5. The van der Waals surface area contributed by atoms with Crippen molar-refractivity contribution in [1.29, 1.82) is 0 Å². The predicted octanol–water partition coefficient (Wildman–Crippen LogP) is 2.18. The zero-order valence-electron chi connectivity index (χ0n) is 16.0. The summed E-state index contributed by atoms with van der Waals surface area (Å²) in [6, 6.07) is 6.24. The number of hydrogen-bond donors (Lipinski definition) is 1. The molecule has 148 valence electrons. The molecule has 0 bridgehead atoms. The second-order valence-electron chi connectivity index (χ2n) is 8.60. The van der Waals surface area contributed by atoms with E-state index >= 15 is 0 Å². The largest absolute Gasteiger partial charge is 0.490 e. The van der Waals surface area contributed by atoms with Crippen LogP contribution in [0.2, 0.25) is 0 Å². The van der Waals surface area contributed by atoms with Crippen molar-refractivity contribution in [2.45, 2.75) is 49.8 Å². The van der Waals surface area contributed by atoms with E-state index in [1.807, 2.05) is 18.2 Å². The maximum absolute atomic E-state index is 13.4. The molecule has 2 atom stereocenters. The second kappa shape index (κ2) is 6.19. The van der Waals surface area contributed by atoms with Crippen LogP contribution in [0.25, 0.3) is 10.9 Å². The van der Waals surface area contributed by atoms with Crippen molar-refractivity contribution < 1.29 is 14.3 Å². The first-order valence-electron chi connectivity index (χ1n) is 10.5. The average molecular weight is 382 g/mol. The van der Waals surface area contributed by atoms with Crippen molar-refractivity contribution in [2.24, 2.45) is 0 Å². The van der Waals surface area contributed by atoms with Gasteiger partial charge in [0, 0.05) is 43.4 Å². The fourth-order valence-electron chi connectivity index (χ4n) is 5.58. The monoisotopic (exact) mass is 382 g/mol. The van der Waals surface area contributed by atoms with Crippen molar-refractivity contribution in [3.8, 4) is 5.75 Å². The lowest BCUT2D eigenvalue weighted by Crippen LogP contribution is -2.79. The summed E-state index contributed by atoms with van der Waals surface area (Å²) in [6.45, 7) is 4.48. The molecule has 1 aromatic carbocycles. The van der Waals surface area contributed by atoms with E-state index in [2.05, 4.69) is 20.0 Å². The van der Waals surface area contributed by atoms with E-state index in [4.69, 9.17) is 9.47 Å². The molecule has 1 aromatic heterocycles. The van der Waals surface area contributed by atoms with Gasteiger partial charge in [0.25, 0.3) is 5.91 Å². The molecule has 7 nitrogen and oxygen atoms in total. The normalized spacial score (nSPS) is 30.3. The number of fused-ring (bicyclic) bond motifs is 1. The number of hydrogen-bond acceptors (Lipinski definition) is 5. The average Bonchev–Trinajstić information content (AvgIpc) is 3.08. The molecule has 1 aliphatic carbocycles. The van der Waals surface area contributed by atoms with Gasteiger partial charge in [0.1, 0.15) is 11.9 Å². The smallest absolute Gasteiger partial charge is 0.275 e. The Kier molecular flexibility index (Phi) is 3.71. The maximum Gasteiger partial charge on any atom is 0.275 e. The topological polar surface area (TPSA) is 70.7 Å². The Balaban J connectivity index is 1.27.